The lowest BCUT2D eigenvalue weighted by Gasteiger charge is -2.42. The summed E-state index contributed by atoms with van der Waals surface area (Å²) in [6, 6.07) is 0. The van der Waals surface area contributed by atoms with Crippen molar-refractivity contribution in [2.45, 2.75) is 37.6 Å². The number of nitrogens with one attached hydrogen (secondary N) is 1. The number of nitrogens with two attached hydrogens (primary N) is 1. The highest BCUT2D eigenvalue weighted by Crippen LogP contribution is 2.36. The number of nitrogens with zero attached hydrogens (tertiary/aromatic N) is 3. The first-order valence-corrected chi connectivity index (χ1v) is 11.1. The van der Waals surface area contributed by atoms with Gasteiger partial charge in [0.15, 0.2) is 5.96 Å². The lowest BCUT2D eigenvalue weighted by atomic mass is 9.95. The van der Waals surface area contributed by atoms with Crippen molar-refractivity contribution in [2.24, 2.45) is 10.7 Å². The molecule has 0 bridgehead atoms. The van der Waals surface area contributed by atoms with Crippen molar-refractivity contribution in [3.63, 3.8) is 0 Å². The maximum atomic E-state index is 6.14. The Labute approximate surface area is 180 Å². The van der Waals surface area contributed by atoms with Gasteiger partial charge in [0, 0.05) is 49.8 Å². The van der Waals surface area contributed by atoms with E-state index in [1.807, 2.05) is 0 Å². The zero-order valence-corrected chi connectivity index (χ0v) is 19.1. The Balaban J connectivity index is 0.00000243. The van der Waals surface area contributed by atoms with Gasteiger partial charge in [-0.05, 0) is 25.8 Å². The summed E-state index contributed by atoms with van der Waals surface area (Å²) in [6.07, 6.45) is 6.35. The number of thioether (sulfide) groups is 1. The molecule has 6 nitrogen and oxygen atoms in total. The van der Waals surface area contributed by atoms with Crippen molar-refractivity contribution in [2.75, 3.05) is 70.5 Å². The molecule has 2 heterocycles. The van der Waals surface area contributed by atoms with Crippen molar-refractivity contribution < 1.29 is 4.74 Å². The van der Waals surface area contributed by atoms with Crippen LogP contribution in [0.1, 0.15) is 32.1 Å². The molecule has 26 heavy (non-hydrogen) atoms. The van der Waals surface area contributed by atoms with Gasteiger partial charge in [-0.2, -0.15) is 11.8 Å². The number of halogens is 1. The van der Waals surface area contributed by atoms with Gasteiger partial charge in [0.05, 0.1) is 19.8 Å². The maximum Gasteiger partial charge on any atom is 0.188 e. The van der Waals surface area contributed by atoms with Crippen molar-refractivity contribution in [3.05, 3.63) is 0 Å². The van der Waals surface area contributed by atoms with Gasteiger partial charge in [-0.1, -0.05) is 12.8 Å². The van der Waals surface area contributed by atoms with E-state index in [4.69, 9.17) is 15.5 Å². The minimum Gasteiger partial charge on any atom is -0.379 e. The van der Waals surface area contributed by atoms with Crippen LogP contribution in [0.3, 0.4) is 0 Å². The molecule has 0 aromatic heterocycles. The lowest BCUT2D eigenvalue weighted by Crippen LogP contribution is -2.53. The largest absolute Gasteiger partial charge is 0.379 e. The van der Waals surface area contributed by atoms with Gasteiger partial charge in [0.1, 0.15) is 0 Å². The molecule has 152 valence electrons. The molecule has 1 saturated carbocycles. The highest BCUT2D eigenvalue weighted by atomic mass is 127. The molecule has 0 radical (unpaired) electrons. The van der Waals surface area contributed by atoms with Crippen LogP contribution in [0.2, 0.25) is 0 Å². The predicted molar refractivity (Wildman–Crippen MR) is 122 cm³/mol. The Kier molecular flexibility index (Phi) is 10.3. The van der Waals surface area contributed by atoms with Crippen molar-refractivity contribution in [3.8, 4) is 0 Å². The molecule has 8 heteroatoms. The van der Waals surface area contributed by atoms with Crippen LogP contribution < -0.4 is 11.1 Å². The first-order valence-electron chi connectivity index (χ1n) is 9.95. The Morgan fingerprint density at radius 3 is 2.50 bits per heavy atom. The summed E-state index contributed by atoms with van der Waals surface area (Å²) in [7, 11) is 0. The first-order chi connectivity index (χ1) is 12.3. The van der Waals surface area contributed by atoms with E-state index >= 15 is 0 Å². The molecular formula is C18H36IN5OS. The first kappa shape index (κ1) is 22.5. The molecule has 0 amide bonds. The molecule has 0 aromatic carbocycles. The lowest BCUT2D eigenvalue weighted by molar-refractivity contribution is 0.0376. The summed E-state index contributed by atoms with van der Waals surface area (Å²) in [5.74, 6) is 3.15. The number of rotatable bonds is 7. The second-order valence-electron chi connectivity index (χ2n) is 7.47. The van der Waals surface area contributed by atoms with Crippen molar-refractivity contribution in [1.29, 1.82) is 0 Å². The highest BCUT2D eigenvalue weighted by molar-refractivity contribution is 14.0. The fourth-order valence-corrected chi connectivity index (χ4v) is 5.18. The average molecular weight is 497 g/mol. The molecule has 0 aromatic rings. The fraction of sp³-hybridized carbons (Fsp3) is 0.944. The van der Waals surface area contributed by atoms with Crippen LogP contribution in [0.15, 0.2) is 4.99 Å². The Morgan fingerprint density at radius 2 is 1.81 bits per heavy atom. The highest BCUT2D eigenvalue weighted by Gasteiger charge is 2.39. The summed E-state index contributed by atoms with van der Waals surface area (Å²) >= 11 is 2.08. The third-order valence-corrected chi connectivity index (χ3v) is 6.76. The second-order valence-corrected chi connectivity index (χ2v) is 8.69. The quantitative estimate of drug-likeness (QED) is 0.241. The number of hydrogen-bond acceptors (Lipinski definition) is 5. The molecule has 0 atom stereocenters. The van der Waals surface area contributed by atoms with E-state index in [-0.39, 0.29) is 29.5 Å². The molecular weight excluding hydrogens is 461 g/mol. The van der Waals surface area contributed by atoms with Crippen LogP contribution in [0.4, 0.5) is 0 Å². The van der Waals surface area contributed by atoms with E-state index in [1.165, 1.54) is 50.3 Å². The van der Waals surface area contributed by atoms with Crippen LogP contribution in [-0.4, -0.2) is 91.8 Å². The van der Waals surface area contributed by atoms with Crippen LogP contribution >= 0.6 is 35.7 Å². The molecule has 2 aliphatic heterocycles. The number of morpholine rings is 1. The van der Waals surface area contributed by atoms with Gasteiger partial charge in [0.2, 0.25) is 0 Å². The summed E-state index contributed by atoms with van der Waals surface area (Å²) in [5, 5.41) is 3.31. The summed E-state index contributed by atoms with van der Waals surface area (Å²) in [4.78, 5) is 9.90. The van der Waals surface area contributed by atoms with E-state index in [0.717, 1.165) is 52.4 Å². The Morgan fingerprint density at radius 1 is 1.12 bits per heavy atom. The van der Waals surface area contributed by atoms with Crippen LogP contribution in [0, 0.1) is 0 Å². The molecule has 0 spiro atoms. The summed E-state index contributed by atoms with van der Waals surface area (Å²) in [5.41, 5.74) is 6.42. The van der Waals surface area contributed by atoms with Gasteiger partial charge >= 0.3 is 0 Å². The molecule has 0 unspecified atom stereocenters. The van der Waals surface area contributed by atoms with E-state index in [1.54, 1.807) is 0 Å². The minimum absolute atomic E-state index is 0. The average Bonchev–Trinajstić information content (AvgIpc) is 3.15. The van der Waals surface area contributed by atoms with Crippen LogP contribution in [0.25, 0.3) is 0 Å². The normalized spacial score (nSPS) is 25.0. The summed E-state index contributed by atoms with van der Waals surface area (Å²) < 4.78 is 5.38. The van der Waals surface area contributed by atoms with E-state index in [2.05, 4.69) is 26.9 Å². The molecule has 3 rings (SSSR count). The smallest absolute Gasteiger partial charge is 0.188 e. The Bertz CT molecular complexity index is 422. The topological polar surface area (TPSA) is 66.1 Å². The molecule has 2 saturated heterocycles. The van der Waals surface area contributed by atoms with Gasteiger partial charge in [-0.25, -0.2) is 0 Å². The SMILES string of the molecule is I.NC(=NCC1(N2CCSCC2)CCCC1)NCCCN1CCOCC1. The standard InChI is InChI=1S/C18H35N5OS.HI/c19-17(20-6-3-7-22-8-12-24-13-9-22)21-16-18(4-1-2-5-18)23-10-14-25-15-11-23;/h1-16H2,(H3,19,20,21);1H. The third kappa shape index (κ3) is 6.68. The number of ether oxygens (including phenoxy) is 1. The molecule has 1 aliphatic carbocycles. The van der Waals surface area contributed by atoms with Gasteiger partial charge in [-0.15, -0.1) is 24.0 Å². The van der Waals surface area contributed by atoms with Gasteiger partial charge in [-0.3, -0.25) is 14.8 Å². The molecule has 3 aliphatic rings. The predicted octanol–water partition coefficient (Wildman–Crippen LogP) is 1.59. The second kappa shape index (κ2) is 11.9. The van der Waals surface area contributed by atoms with E-state index in [0.29, 0.717) is 5.96 Å². The minimum atomic E-state index is 0. The monoisotopic (exact) mass is 497 g/mol. The fourth-order valence-electron chi connectivity index (χ4n) is 4.28. The van der Waals surface area contributed by atoms with Crippen LogP contribution in [-0.2, 0) is 4.74 Å². The van der Waals surface area contributed by atoms with E-state index < -0.39 is 0 Å². The number of hydrogen-bond donors (Lipinski definition) is 2. The Hall–Kier alpha value is 0.230. The van der Waals surface area contributed by atoms with Crippen LogP contribution in [0.5, 0.6) is 0 Å². The van der Waals surface area contributed by atoms with Crippen molar-refractivity contribution in [1.82, 2.24) is 15.1 Å². The molecule has 3 N–H and O–H groups in total. The maximum absolute atomic E-state index is 6.14. The third-order valence-electron chi connectivity index (χ3n) is 5.82. The van der Waals surface area contributed by atoms with Crippen molar-refractivity contribution >= 4 is 41.7 Å². The summed E-state index contributed by atoms with van der Waals surface area (Å²) in [6.45, 7) is 9.15. The molecule has 3 fully saturated rings. The van der Waals surface area contributed by atoms with E-state index in [9.17, 15) is 0 Å². The zero-order valence-electron chi connectivity index (χ0n) is 16.0. The van der Waals surface area contributed by atoms with Gasteiger partial charge in [0.25, 0.3) is 0 Å². The zero-order chi connectivity index (χ0) is 17.4. The number of guanidine groups is 1. The van der Waals surface area contributed by atoms with Gasteiger partial charge < -0.3 is 15.8 Å². The number of aliphatic imine (C=N–C) groups is 1.